The van der Waals surface area contributed by atoms with Gasteiger partial charge in [-0.1, -0.05) is 272 Å². The first kappa shape index (κ1) is 69.8. The second-order valence-electron chi connectivity index (χ2n) is 20.2. The van der Waals surface area contributed by atoms with Gasteiger partial charge in [0.25, 0.3) is 20.2 Å². The molecule has 16 heteroatoms. The maximum atomic E-state index is 12.4. The minimum absolute atomic E-state index is 0.0729. The van der Waals surface area contributed by atoms with E-state index in [2.05, 4.69) is 27.7 Å². The number of carbonyl (C=O) groups is 4. The number of hydrogen-bond donors (Lipinski definition) is 6. The Balaban J connectivity index is 0. The molecule has 0 rings (SSSR count). The van der Waals surface area contributed by atoms with Crippen molar-refractivity contribution in [2.45, 2.75) is 307 Å². The fourth-order valence-corrected chi connectivity index (χ4v) is 12.3. The van der Waals surface area contributed by atoms with Gasteiger partial charge >= 0.3 is 23.9 Å². The van der Waals surface area contributed by atoms with Crippen LogP contribution >= 0.6 is 0 Å². The highest BCUT2D eigenvalue weighted by Crippen LogP contribution is 2.38. The van der Waals surface area contributed by atoms with Crippen LogP contribution in [-0.2, 0) is 39.4 Å². The van der Waals surface area contributed by atoms with Gasteiger partial charge in [0.05, 0.1) is 11.8 Å². The lowest BCUT2D eigenvalue weighted by Crippen LogP contribution is -2.55. The zero-order chi connectivity index (χ0) is 53.2. The summed E-state index contributed by atoms with van der Waals surface area (Å²) >= 11 is 0. The molecule has 0 fully saturated rings. The minimum Gasteiger partial charge on any atom is -0.481 e. The van der Waals surface area contributed by atoms with Crippen molar-refractivity contribution in [1.29, 1.82) is 0 Å². The summed E-state index contributed by atoms with van der Waals surface area (Å²) < 4.78 is 63.6. The Morgan fingerprint density at radius 3 is 0.643 bits per heavy atom. The van der Waals surface area contributed by atoms with E-state index in [1.54, 1.807) is 0 Å². The monoisotopic (exact) mass is 1040 g/mol. The van der Waals surface area contributed by atoms with E-state index < -0.39 is 65.4 Å². The Hall–Kier alpha value is -2.30. The van der Waals surface area contributed by atoms with Gasteiger partial charge in [0.15, 0.2) is 0 Å². The maximum absolute atomic E-state index is 12.4. The van der Waals surface area contributed by atoms with E-state index in [9.17, 15) is 65.5 Å². The highest BCUT2D eigenvalue weighted by molar-refractivity contribution is 7.88. The Kier molecular flexibility index (Phi) is 43.0. The molecular formula is C54H104O14S2. The Morgan fingerprint density at radius 1 is 0.314 bits per heavy atom. The third-order valence-electron chi connectivity index (χ3n) is 14.4. The van der Waals surface area contributed by atoms with Crippen molar-refractivity contribution in [2.24, 2.45) is 11.8 Å². The van der Waals surface area contributed by atoms with Gasteiger partial charge < -0.3 is 20.4 Å². The zero-order valence-electron chi connectivity index (χ0n) is 44.6. The van der Waals surface area contributed by atoms with Crippen molar-refractivity contribution in [3.63, 3.8) is 0 Å². The number of carboxylic acids is 4. The van der Waals surface area contributed by atoms with Gasteiger partial charge in [0.2, 0.25) is 9.49 Å². The van der Waals surface area contributed by atoms with Gasteiger partial charge in [-0.2, -0.15) is 16.8 Å². The van der Waals surface area contributed by atoms with Crippen LogP contribution in [0.15, 0.2) is 0 Å². The van der Waals surface area contributed by atoms with E-state index in [0.29, 0.717) is 25.7 Å². The fraction of sp³-hybridized carbons (Fsp3) is 0.926. The molecule has 0 aliphatic rings. The Labute approximate surface area is 426 Å². The SMILES string of the molecule is CCCCCCCCCCC(C(=O)O)C(CCCCCCCCCC)(C(=O)O)S(=O)(=O)O.CCCCCCCCCCCCCC(C(=O)O)C(CCCCCCCCCCCCC)(C(=O)O)S(=O)(=O)O. The Bertz CT molecular complexity index is 1550. The molecule has 14 nitrogen and oxygen atoms in total. The molecule has 0 radical (unpaired) electrons. The normalized spacial score (nSPS) is 14.5. The van der Waals surface area contributed by atoms with Crippen molar-refractivity contribution >= 4 is 44.1 Å². The number of carboxylic acid groups (broad SMARTS) is 4. The molecule has 0 spiro atoms. The first-order valence-corrected chi connectivity index (χ1v) is 31.0. The van der Waals surface area contributed by atoms with Crippen LogP contribution in [-0.4, -0.2) is 79.7 Å². The largest absolute Gasteiger partial charge is 0.481 e. The molecule has 0 aromatic carbocycles. The molecule has 0 aromatic heterocycles. The maximum Gasteiger partial charge on any atom is 0.328 e. The molecule has 0 saturated carbocycles. The summed E-state index contributed by atoms with van der Waals surface area (Å²) in [5.74, 6) is -9.82. The Morgan fingerprint density at radius 2 is 0.486 bits per heavy atom. The summed E-state index contributed by atoms with van der Waals surface area (Å²) in [6.07, 6.45) is 36.9. The predicted octanol–water partition coefficient (Wildman–Crippen LogP) is 15.3. The highest BCUT2D eigenvalue weighted by atomic mass is 32.2. The number of rotatable bonds is 50. The topological polar surface area (TPSA) is 258 Å². The van der Waals surface area contributed by atoms with Crippen molar-refractivity contribution in [1.82, 2.24) is 0 Å². The van der Waals surface area contributed by atoms with Crippen LogP contribution in [0, 0.1) is 11.8 Å². The molecule has 70 heavy (non-hydrogen) atoms. The quantitative estimate of drug-likeness (QED) is 0.0245. The molecule has 0 amide bonds. The standard InChI is InChI=1S/C30H58O7S.C24H46O7S/c1-3-5-7-9-11-13-15-17-19-21-23-25-27(28(31)32)30(29(33)34,38(35,36)37)26-24-22-20-18-16-14-12-10-8-6-4-2;1-3-5-7-9-11-13-15-17-19-21(22(25)26)24(23(27)28,32(29,30)31)20-18-16-14-12-10-8-6-4-2/h27H,3-26H2,1-2H3,(H,31,32)(H,33,34)(H,35,36,37);21H,3-20H2,1-2H3,(H,25,26)(H,27,28)(H,29,30,31). The van der Waals surface area contributed by atoms with Crippen molar-refractivity contribution in [3.05, 3.63) is 0 Å². The average molecular weight is 1040 g/mol. The van der Waals surface area contributed by atoms with Crippen LogP contribution in [0.4, 0.5) is 0 Å². The average Bonchev–Trinajstić information content (AvgIpc) is 3.28. The van der Waals surface area contributed by atoms with E-state index in [0.717, 1.165) is 122 Å². The van der Waals surface area contributed by atoms with E-state index in [1.165, 1.54) is 83.5 Å². The molecule has 0 aromatic rings. The lowest BCUT2D eigenvalue weighted by molar-refractivity contribution is -0.152. The third kappa shape index (κ3) is 30.0. The molecule has 4 unspecified atom stereocenters. The van der Waals surface area contributed by atoms with Gasteiger partial charge in [-0.15, -0.1) is 0 Å². The molecule has 4 atom stereocenters. The molecule has 0 aliphatic carbocycles. The van der Waals surface area contributed by atoms with Crippen LogP contribution in [0.2, 0.25) is 0 Å². The number of hydrogen-bond acceptors (Lipinski definition) is 8. The molecule has 0 bridgehead atoms. The first-order chi connectivity index (χ1) is 33.3. The van der Waals surface area contributed by atoms with Crippen LogP contribution in [0.3, 0.4) is 0 Å². The molecule has 0 heterocycles. The van der Waals surface area contributed by atoms with Gasteiger partial charge in [0.1, 0.15) is 0 Å². The number of aliphatic carboxylic acids is 4. The van der Waals surface area contributed by atoms with E-state index in [4.69, 9.17) is 0 Å². The van der Waals surface area contributed by atoms with Crippen LogP contribution in [0.25, 0.3) is 0 Å². The summed E-state index contributed by atoms with van der Waals surface area (Å²) in [7, 11) is -10.2. The fourth-order valence-electron chi connectivity index (χ4n) is 9.88. The van der Waals surface area contributed by atoms with Gasteiger partial charge in [-0.3, -0.25) is 28.3 Å². The second kappa shape index (κ2) is 43.1. The lowest BCUT2D eigenvalue weighted by Gasteiger charge is -2.32. The van der Waals surface area contributed by atoms with E-state index in [1.807, 2.05) is 0 Å². The molecule has 0 saturated heterocycles. The molecule has 6 N–H and O–H groups in total. The van der Waals surface area contributed by atoms with Gasteiger partial charge in [0, 0.05) is 0 Å². The van der Waals surface area contributed by atoms with E-state index in [-0.39, 0.29) is 38.5 Å². The van der Waals surface area contributed by atoms with Crippen molar-refractivity contribution in [2.75, 3.05) is 0 Å². The third-order valence-corrected chi connectivity index (χ3v) is 17.5. The van der Waals surface area contributed by atoms with Gasteiger partial charge in [-0.05, 0) is 25.7 Å². The van der Waals surface area contributed by atoms with Crippen LogP contribution in [0.5, 0.6) is 0 Å². The summed E-state index contributed by atoms with van der Waals surface area (Å²) in [4.78, 5) is 48.3. The minimum atomic E-state index is -5.13. The second-order valence-corrected chi connectivity index (χ2v) is 23.6. The predicted molar refractivity (Wildman–Crippen MR) is 283 cm³/mol. The summed E-state index contributed by atoms with van der Waals surface area (Å²) in [5.41, 5.74) is 0. The molecule has 416 valence electrons. The summed E-state index contributed by atoms with van der Waals surface area (Å²) in [5, 5.41) is 39.2. The van der Waals surface area contributed by atoms with Crippen molar-refractivity contribution < 1.29 is 65.5 Å². The smallest absolute Gasteiger partial charge is 0.328 e. The van der Waals surface area contributed by atoms with Crippen molar-refractivity contribution in [3.8, 4) is 0 Å². The molecule has 0 aliphatic heterocycles. The van der Waals surface area contributed by atoms with Gasteiger partial charge in [-0.25, -0.2) is 0 Å². The van der Waals surface area contributed by atoms with Crippen LogP contribution in [0.1, 0.15) is 297 Å². The zero-order valence-corrected chi connectivity index (χ0v) is 46.3. The lowest BCUT2D eigenvalue weighted by atomic mass is 9.82. The number of unbranched alkanes of at least 4 members (excludes halogenated alkanes) is 34. The highest BCUT2D eigenvalue weighted by Gasteiger charge is 2.59. The van der Waals surface area contributed by atoms with E-state index >= 15 is 0 Å². The molecular weight excluding hydrogens is 937 g/mol. The summed E-state index contributed by atoms with van der Waals surface area (Å²) in [6, 6.07) is 0. The van der Waals surface area contributed by atoms with Crippen LogP contribution < -0.4 is 0 Å². The summed E-state index contributed by atoms with van der Waals surface area (Å²) in [6.45, 7) is 8.67. The first-order valence-electron chi connectivity index (χ1n) is 28.2.